The Balaban J connectivity index is 2.09. The van der Waals surface area contributed by atoms with Crippen LogP contribution in [0, 0.1) is 0 Å². The summed E-state index contributed by atoms with van der Waals surface area (Å²) >= 11 is 0. The number of nitrogens with zero attached hydrogens (tertiary/aromatic N) is 6. The molecular weight excluding hydrogens is 300 g/mol. The van der Waals surface area contributed by atoms with E-state index in [4.69, 9.17) is 0 Å². The van der Waals surface area contributed by atoms with Crippen molar-refractivity contribution in [3.63, 3.8) is 0 Å². The summed E-state index contributed by atoms with van der Waals surface area (Å²) in [6.45, 7) is -0.177. The third-order valence-corrected chi connectivity index (χ3v) is 6.09. The van der Waals surface area contributed by atoms with Crippen molar-refractivity contribution in [2.24, 2.45) is 0 Å². The molecule has 0 radical (unpaired) electrons. The van der Waals surface area contributed by atoms with Crippen LogP contribution in [0.4, 0.5) is 9.59 Å². The molecule has 11 heteroatoms. The van der Waals surface area contributed by atoms with Crippen LogP contribution in [0.25, 0.3) is 0 Å². The van der Waals surface area contributed by atoms with Crippen LogP contribution >= 0.6 is 0 Å². The van der Waals surface area contributed by atoms with Gasteiger partial charge in [-0.1, -0.05) is 0 Å². The zero-order chi connectivity index (χ0) is 15.7. The van der Waals surface area contributed by atoms with E-state index in [1.54, 1.807) is 14.1 Å². The molecule has 3 fully saturated rings. The van der Waals surface area contributed by atoms with Gasteiger partial charge in [0.25, 0.3) is 10.2 Å². The molecule has 0 saturated carbocycles. The Bertz CT molecular complexity index is 565. The summed E-state index contributed by atoms with van der Waals surface area (Å²) in [7, 11) is 2.36. The molecule has 0 aromatic carbocycles. The van der Waals surface area contributed by atoms with E-state index >= 15 is 0 Å². The molecule has 3 aliphatic heterocycles. The molecule has 0 aliphatic carbocycles. The second-order valence-corrected chi connectivity index (χ2v) is 7.68. The van der Waals surface area contributed by atoms with E-state index < -0.39 is 22.5 Å². The fourth-order valence-electron chi connectivity index (χ4n) is 3.11. The average molecular weight is 318 g/mol. The van der Waals surface area contributed by atoms with Gasteiger partial charge in [-0.25, -0.2) is 9.59 Å². The SMILES string of the molecule is CN1C(=O)N2CN(C)S(=O)(=O)N(C)CN3C(=O)N(C)C1C23. The first-order valence-electron chi connectivity index (χ1n) is 6.42. The lowest BCUT2D eigenvalue weighted by Crippen LogP contribution is -2.58. The van der Waals surface area contributed by atoms with E-state index in [9.17, 15) is 18.0 Å². The monoisotopic (exact) mass is 318 g/mol. The Morgan fingerprint density at radius 1 is 0.810 bits per heavy atom. The molecule has 3 heterocycles. The molecule has 4 amide bonds. The zero-order valence-electron chi connectivity index (χ0n) is 12.3. The minimum Gasteiger partial charge on any atom is -0.303 e. The number of carbonyl (C=O) groups excluding carboxylic acids is 2. The average Bonchev–Trinajstić information content (AvgIpc) is 2.79. The Hall–Kier alpha value is -1.59. The highest BCUT2D eigenvalue weighted by atomic mass is 32.2. The predicted octanol–water partition coefficient (Wildman–Crippen LogP) is -1.59. The van der Waals surface area contributed by atoms with Crippen LogP contribution in [-0.4, -0.2) is 103 Å². The van der Waals surface area contributed by atoms with Gasteiger partial charge in [0.15, 0.2) is 6.17 Å². The van der Waals surface area contributed by atoms with Crippen LogP contribution in [-0.2, 0) is 10.2 Å². The lowest BCUT2D eigenvalue weighted by Gasteiger charge is -2.38. The molecule has 0 spiro atoms. The molecule has 10 nitrogen and oxygen atoms in total. The van der Waals surface area contributed by atoms with E-state index in [0.29, 0.717) is 0 Å². The second kappa shape index (κ2) is 4.21. The number of carbonyl (C=O) groups is 2. The third kappa shape index (κ3) is 1.67. The van der Waals surface area contributed by atoms with Crippen molar-refractivity contribution in [3.8, 4) is 0 Å². The normalized spacial score (nSPS) is 33.5. The van der Waals surface area contributed by atoms with Crippen LogP contribution in [0.5, 0.6) is 0 Å². The first kappa shape index (κ1) is 14.4. The Labute approximate surface area is 123 Å². The van der Waals surface area contributed by atoms with Crippen molar-refractivity contribution in [1.29, 1.82) is 0 Å². The summed E-state index contributed by atoms with van der Waals surface area (Å²) < 4.78 is 26.8. The van der Waals surface area contributed by atoms with Gasteiger partial charge in [0.05, 0.1) is 13.3 Å². The number of hydrogen-bond donors (Lipinski definition) is 0. The van der Waals surface area contributed by atoms with Crippen molar-refractivity contribution in [2.45, 2.75) is 12.3 Å². The van der Waals surface area contributed by atoms with Crippen LogP contribution in [0.15, 0.2) is 0 Å². The van der Waals surface area contributed by atoms with Gasteiger partial charge < -0.3 is 9.80 Å². The highest BCUT2D eigenvalue weighted by Gasteiger charge is 2.58. The molecule has 3 aliphatic rings. The highest BCUT2D eigenvalue weighted by molar-refractivity contribution is 7.86. The molecule has 0 unspecified atom stereocenters. The third-order valence-electron chi connectivity index (χ3n) is 4.28. The maximum atomic E-state index is 12.3. The second-order valence-electron chi connectivity index (χ2n) is 5.54. The first-order chi connectivity index (χ1) is 9.67. The van der Waals surface area contributed by atoms with Gasteiger partial charge in [0.2, 0.25) is 0 Å². The van der Waals surface area contributed by atoms with Crippen LogP contribution in [0.2, 0.25) is 0 Å². The van der Waals surface area contributed by atoms with E-state index in [1.807, 2.05) is 0 Å². The van der Waals surface area contributed by atoms with Gasteiger partial charge in [-0.2, -0.15) is 17.0 Å². The van der Waals surface area contributed by atoms with Gasteiger partial charge in [0.1, 0.15) is 6.17 Å². The van der Waals surface area contributed by atoms with Gasteiger partial charge in [-0.3, -0.25) is 9.80 Å². The molecular formula is C10H18N6O4S. The van der Waals surface area contributed by atoms with E-state index in [2.05, 4.69) is 0 Å². The largest absolute Gasteiger partial charge is 0.324 e. The molecule has 0 N–H and O–H groups in total. The van der Waals surface area contributed by atoms with Crippen molar-refractivity contribution >= 4 is 22.3 Å². The maximum absolute atomic E-state index is 12.3. The lowest BCUT2D eigenvalue weighted by molar-refractivity contribution is 0.0777. The first-order valence-corrected chi connectivity index (χ1v) is 7.82. The Morgan fingerprint density at radius 2 is 1.19 bits per heavy atom. The fraction of sp³-hybridized carbons (Fsp3) is 0.800. The molecule has 21 heavy (non-hydrogen) atoms. The number of rotatable bonds is 0. The van der Waals surface area contributed by atoms with Crippen molar-refractivity contribution < 1.29 is 18.0 Å². The number of hydrogen-bond acceptors (Lipinski definition) is 4. The van der Waals surface area contributed by atoms with Crippen LogP contribution < -0.4 is 0 Å². The quantitative estimate of drug-likeness (QED) is 0.539. The van der Waals surface area contributed by atoms with E-state index in [-0.39, 0.29) is 25.4 Å². The molecule has 3 saturated heterocycles. The van der Waals surface area contributed by atoms with Gasteiger partial charge >= 0.3 is 12.1 Å². The highest BCUT2D eigenvalue weighted by Crippen LogP contribution is 2.34. The number of amides is 4. The summed E-state index contributed by atoms with van der Waals surface area (Å²) in [4.78, 5) is 30.4. The summed E-state index contributed by atoms with van der Waals surface area (Å²) in [5.74, 6) is 0. The molecule has 0 bridgehead atoms. The van der Waals surface area contributed by atoms with Crippen LogP contribution in [0.1, 0.15) is 0 Å². The minimum absolute atomic E-state index is 0.0887. The van der Waals surface area contributed by atoms with E-state index in [1.165, 1.54) is 33.7 Å². The van der Waals surface area contributed by atoms with Gasteiger partial charge in [-0.15, -0.1) is 0 Å². The fourth-order valence-corrected chi connectivity index (χ4v) is 4.13. The molecule has 3 rings (SSSR count). The zero-order valence-corrected chi connectivity index (χ0v) is 13.1. The predicted molar refractivity (Wildman–Crippen MR) is 71.8 cm³/mol. The van der Waals surface area contributed by atoms with E-state index in [0.717, 1.165) is 8.61 Å². The summed E-state index contributed by atoms with van der Waals surface area (Å²) in [5, 5.41) is 0. The topological polar surface area (TPSA) is 87.7 Å². The van der Waals surface area contributed by atoms with Crippen LogP contribution in [0.3, 0.4) is 0 Å². The molecule has 118 valence electrons. The summed E-state index contributed by atoms with van der Waals surface area (Å²) in [5.41, 5.74) is 0. The molecule has 0 atom stereocenters. The Kier molecular flexibility index (Phi) is 2.88. The molecule has 0 aromatic rings. The summed E-state index contributed by atoms with van der Waals surface area (Å²) in [6.07, 6.45) is -0.895. The van der Waals surface area contributed by atoms with Crippen molar-refractivity contribution in [2.75, 3.05) is 41.5 Å². The molecule has 0 aromatic heterocycles. The Morgan fingerprint density at radius 3 is 1.57 bits per heavy atom. The number of likely N-dealkylation sites (N-methyl/N-ethyl adjacent to an activating group) is 2. The van der Waals surface area contributed by atoms with Gasteiger partial charge in [0, 0.05) is 28.2 Å². The smallest absolute Gasteiger partial charge is 0.303 e. The standard InChI is InChI=1S/C10H18N6O4S/c1-11-5-15-8-7(13(3)9(15)17)14(4)10(18)16(8)6-12(2)21(11,19)20/h7-8H,5-6H2,1-4H3. The van der Waals surface area contributed by atoms with Gasteiger partial charge in [-0.05, 0) is 0 Å². The van der Waals surface area contributed by atoms with Crippen molar-refractivity contribution in [3.05, 3.63) is 0 Å². The maximum Gasteiger partial charge on any atom is 0.324 e. The lowest BCUT2D eigenvalue weighted by atomic mass is 10.3. The minimum atomic E-state index is -3.70. The summed E-state index contributed by atoms with van der Waals surface area (Å²) in [6, 6.07) is -0.582. The van der Waals surface area contributed by atoms with Crippen molar-refractivity contribution in [1.82, 2.24) is 28.2 Å². The number of urea groups is 2.